The number of nitrogens with one attached hydrogen (secondary N) is 1. The molecule has 1 aliphatic rings. The van der Waals surface area contributed by atoms with Crippen molar-refractivity contribution in [3.05, 3.63) is 89.5 Å². The minimum absolute atomic E-state index is 0.0235. The standard InChI is InChI=1S/C25H22N2O5/c1-27(14-23(28)26-22-13-7-6-12-20(22)24(29)30)25(31)32-15-21-18-10-4-2-8-16(18)17-9-3-5-11-19(17)21/h2-13,21H,14-15H2,1H3,(H,26,28)(H,29,30). The summed E-state index contributed by atoms with van der Waals surface area (Å²) in [6, 6.07) is 22.2. The fraction of sp³-hybridized carbons (Fsp3) is 0.160. The molecule has 0 heterocycles. The Balaban J connectivity index is 1.38. The lowest BCUT2D eigenvalue weighted by molar-refractivity contribution is -0.116. The number of likely N-dealkylation sites (N-methyl/N-ethyl adjacent to an activating group) is 1. The maximum atomic E-state index is 12.5. The van der Waals surface area contributed by atoms with Crippen molar-refractivity contribution in [2.45, 2.75) is 5.92 Å². The maximum absolute atomic E-state index is 12.5. The van der Waals surface area contributed by atoms with Gasteiger partial charge in [-0.2, -0.15) is 0 Å². The predicted molar refractivity (Wildman–Crippen MR) is 120 cm³/mol. The van der Waals surface area contributed by atoms with E-state index in [0.717, 1.165) is 27.2 Å². The van der Waals surface area contributed by atoms with Crippen LogP contribution in [0.1, 0.15) is 27.4 Å². The molecule has 0 radical (unpaired) electrons. The molecule has 4 rings (SSSR count). The van der Waals surface area contributed by atoms with Gasteiger partial charge in [-0.15, -0.1) is 0 Å². The van der Waals surface area contributed by atoms with Crippen molar-refractivity contribution >= 4 is 23.7 Å². The smallest absolute Gasteiger partial charge is 0.409 e. The molecule has 7 heteroatoms. The second kappa shape index (κ2) is 8.93. The first-order chi connectivity index (χ1) is 15.5. The molecule has 3 aromatic carbocycles. The highest BCUT2D eigenvalue weighted by molar-refractivity contribution is 6.01. The molecule has 7 nitrogen and oxygen atoms in total. The first-order valence-corrected chi connectivity index (χ1v) is 10.1. The summed E-state index contributed by atoms with van der Waals surface area (Å²) in [5, 5.41) is 11.8. The van der Waals surface area contributed by atoms with Gasteiger partial charge in [0.25, 0.3) is 0 Å². The van der Waals surface area contributed by atoms with E-state index in [1.165, 1.54) is 19.2 Å². The number of para-hydroxylation sites is 1. The van der Waals surface area contributed by atoms with Gasteiger partial charge in [-0.05, 0) is 34.4 Å². The fourth-order valence-electron chi connectivity index (χ4n) is 3.95. The van der Waals surface area contributed by atoms with Crippen molar-refractivity contribution in [2.24, 2.45) is 0 Å². The van der Waals surface area contributed by atoms with E-state index < -0.39 is 18.0 Å². The number of benzene rings is 3. The number of carbonyl (C=O) groups excluding carboxylic acids is 2. The van der Waals surface area contributed by atoms with Crippen LogP contribution < -0.4 is 5.32 Å². The molecule has 2 N–H and O–H groups in total. The third-order valence-electron chi connectivity index (χ3n) is 5.46. The van der Waals surface area contributed by atoms with Gasteiger partial charge in [0, 0.05) is 13.0 Å². The molecular formula is C25H22N2O5. The van der Waals surface area contributed by atoms with E-state index in [4.69, 9.17) is 4.74 Å². The Kier molecular flexibility index (Phi) is 5.89. The highest BCUT2D eigenvalue weighted by Gasteiger charge is 2.29. The summed E-state index contributed by atoms with van der Waals surface area (Å²) in [6.45, 7) is -0.120. The van der Waals surface area contributed by atoms with Gasteiger partial charge in [-0.3, -0.25) is 4.79 Å². The van der Waals surface area contributed by atoms with Crippen LogP contribution in [-0.4, -0.2) is 48.2 Å². The molecule has 0 aromatic heterocycles. The molecule has 0 saturated carbocycles. The van der Waals surface area contributed by atoms with Crippen LogP contribution in [0.15, 0.2) is 72.8 Å². The van der Waals surface area contributed by atoms with Gasteiger partial charge in [-0.1, -0.05) is 60.7 Å². The Hall–Kier alpha value is -4.13. The number of rotatable bonds is 6. The SMILES string of the molecule is CN(CC(=O)Nc1ccccc1C(=O)O)C(=O)OCC1c2ccccc2-c2ccccc21. The van der Waals surface area contributed by atoms with Crippen molar-refractivity contribution in [2.75, 3.05) is 25.5 Å². The zero-order valence-electron chi connectivity index (χ0n) is 17.4. The number of carboxylic acids is 1. The number of carboxylic acid groups (broad SMARTS) is 1. The average Bonchev–Trinajstić information content (AvgIpc) is 3.11. The topological polar surface area (TPSA) is 95.9 Å². The van der Waals surface area contributed by atoms with Gasteiger partial charge in [0.2, 0.25) is 5.91 Å². The van der Waals surface area contributed by atoms with E-state index in [2.05, 4.69) is 17.4 Å². The number of anilines is 1. The third kappa shape index (κ3) is 4.18. The fourth-order valence-corrected chi connectivity index (χ4v) is 3.95. The molecule has 32 heavy (non-hydrogen) atoms. The van der Waals surface area contributed by atoms with E-state index in [-0.39, 0.29) is 30.3 Å². The maximum Gasteiger partial charge on any atom is 0.409 e. The molecule has 1 aliphatic carbocycles. The van der Waals surface area contributed by atoms with Crippen LogP contribution >= 0.6 is 0 Å². The van der Waals surface area contributed by atoms with Crippen LogP contribution in [0.2, 0.25) is 0 Å². The van der Waals surface area contributed by atoms with Crippen molar-refractivity contribution < 1.29 is 24.2 Å². The summed E-state index contributed by atoms with van der Waals surface area (Å²) in [6.07, 6.45) is -0.631. The lowest BCUT2D eigenvalue weighted by atomic mass is 9.98. The molecule has 0 fully saturated rings. The van der Waals surface area contributed by atoms with Gasteiger partial charge >= 0.3 is 12.1 Å². The number of hydrogen-bond acceptors (Lipinski definition) is 4. The van der Waals surface area contributed by atoms with E-state index >= 15 is 0 Å². The number of carbonyl (C=O) groups is 3. The molecule has 2 amide bonds. The first-order valence-electron chi connectivity index (χ1n) is 10.1. The van der Waals surface area contributed by atoms with Crippen LogP contribution in [0.4, 0.5) is 10.5 Å². The number of aromatic carboxylic acids is 1. The number of fused-ring (bicyclic) bond motifs is 3. The Labute approximate surface area is 185 Å². The van der Waals surface area contributed by atoms with Crippen LogP contribution in [0.5, 0.6) is 0 Å². The summed E-state index contributed by atoms with van der Waals surface area (Å²) in [4.78, 5) is 37.3. The van der Waals surface area contributed by atoms with Crippen LogP contribution in [0.25, 0.3) is 11.1 Å². The molecule has 0 spiro atoms. The average molecular weight is 430 g/mol. The van der Waals surface area contributed by atoms with Crippen LogP contribution in [0, 0.1) is 0 Å². The lowest BCUT2D eigenvalue weighted by Gasteiger charge is -2.19. The zero-order valence-corrected chi connectivity index (χ0v) is 17.4. The minimum atomic E-state index is -1.15. The first kappa shape index (κ1) is 21.1. The third-order valence-corrected chi connectivity index (χ3v) is 5.46. The Morgan fingerprint density at radius 1 is 0.906 bits per heavy atom. The largest absolute Gasteiger partial charge is 0.478 e. The van der Waals surface area contributed by atoms with E-state index in [1.54, 1.807) is 12.1 Å². The van der Waals surface area contributed by atoms with Crippen molar-refractivity contribution in [1.82, 2.24) is 4.90 Å². The van der Waals surface area contributed by atoms with E-state index in [9.17, 15) is 19.5 Å². The highest BCUT2D eigenvalue weighted by Crippen LogP contribution is 2.44. The number of hydrogen-bond donors (Lipinski definition) is 2. The van der Waals surface area contributed by atoms with Gasteiger partial charge < -0.3 is 20.1 Å². The molecule has 0 aliphatic heterocycles. The summed E-state index contributed by atoms with van der Waals surface area (Å²) in [5.74, 6) is -1.74. The number of amides is 2. The summed E-state index contributed by atoms with van der Waals surface area (Å²) >= 11 is 0. The number of ether oxygens (including phenoxy) is 1. The van der Waals surface area contributed by atoms with E-state index in [0.29, 0.717) is 0 Å². The second-order valence-electron chi connectivity index (χ2n) is 7.56. The summed E-state index contributed by atoms with van der Waals surface area (Å²) in [7, 11) is 1.46. The van der Waals surface area contributed by atoms with Gasteiger partial charge in [-0.25, -0.2) is 9.59 Å². The molecular weight excluding hydrogens is 408 g/mol. The highest BCUT2D eigenvalue weighted by atomic mass is 16.6. The van der Waals surface area contributed by atoms with Crippen LogP contribution in [0.3, 0.4) is 0 Å². The minimum Gasteiger partial charge on any atom is -0.478 e. The Morgan fingerprint density at radius 3 is 2.09 bits per heavy atom. The number of nitrogens with zero attached hydrogens (tertiary/aromatic N) is 1. The predicted octanol–water partition coefficient (Wildman–Crippen LogP) is 4.20. The second-order valence-corrected chi connectivity index (χ2v) is 7.56. The van der Waals surface area contributed by atoms with Gasteiger partial charge in [0.1, 0.15) is 13.2 Å². The molecule has 0 unspecified atom stereocenters. The normalized spacial score (nSPS) is 11.9. The van der Waals surface area contributed by atoms with Crippen molar-refractivity contribution in [1.29, 1.82) is 0 Å². The lowest BCUT2D eigenvalue weighted by Crippen LogP contribution is -2.36. The molecule has 0 bridgehead atoms. The Bertz CT molecular complexity index is 1140. The van der Waals surface area contributed by atoms with Crippen LogP contribution in [-0.2, 0) is 9.53 Å². The van der Waals surface area contributed by atoms with Gasteiger partial charge in [0.05, 0.1) is 11.3 Å². The summed E-state index contributed by atoms with van der Waals surface area (Å²) < 4.78 is 5.53. The Morgan fingerprint density at radius 2 is 1.47 bits per heavy atom. The van der Waals surface area contributed by atoms with Crippen molar-refractivity contribution in [3.8, 4) is 11.1 Å². The van der Waals surface area contributed by atoms with Crippen molar-refractivity contribution in [3.63, 3.8) is 0 Å². The molecule has 0 atom stereocenters. The quantitative estimate of drug-likeness (QED) is 0.611. The summed E-state index contributed by atoms with van der Waals surface area (Å²) in [5.41, 5.74) is 4.62. The molecule has 162 valence electrons. The van der Waals surface area contributed by atoms with E-state index in [1.807, 2.05) is 36.4 Å². The molecule has 3 aromatic rings. The molecule has 0 saturated heterocycles. The van der Waals surface area contributed by atoms with Gasteiger partial charge in [0.15, 0.2) is 0 Å². The zero-order chi connectivity index (χ0) is 22.7. The monoisotopic (exact) mass is 430 g/mol.